The maximum absolute atomic E-state index is 13.9. The number of hydrogen-bond acceptors (Lipinski definition) is 4. The molecule has 208 valence electrons. The van der Waals surface area contributed by atoms with E-state index in [0.29, 0.717) is 21.3 Å². The molecule has 1 N–H and O–H groups in total. The average Bonchev–Trinajstić information content (AvgIpc) is 2.86. The van der Waals surface area contributed by atoms with Crippen molar-refractivity contribution in [2.24, 2.45) is 0 Å². The third kappa shape index (κ3) is 8.20. The van der Waals surface area contributed by atoms with Crippen LogP contribution in [0.3, 0.4) is 0 Å². The van der Waals surface area contributed by atoms with Gasteiger partial charge in [0.25, 0.3) is 10.0 Å². The highest BCUT2D eigenvalue weighted by Crippen LogP contribution is 2.27. The van der Waals surface area contributed by atoms with Crippen LogP contribution < -0.4 is 9.62 Å². The second-order valence-electron chi connectivity index (χ2n) is 9.97. The largest absolute Gasteiger partial charge is 0.350 e. The van der Waals surface area contributed by atoms with Crippen LogP contribution in [0, 0.1) is 0 Å². The van der Waals surface area contributed by atoms with Crippen molar-refractivity contribution in [1.82, 2.24) is 10.2 Å². The minimum atomic E-state index is -4.13. The molecule has 3 aromatic carbocycles. The number of carbonyl (C=O) groups excluding carboxylic acids is 2. The summed E-state index contributed by atoms with van der Waals surface area (Å²) < 4.78 is 29.3. The molecule has 0 aromatic heterocycles. The second kappa shape index (κ2) is 12.7. The lowest BCUT2D eigenvalue weighted by molar-refractivity contribution is -0.140. The van der Waals surface area contributed by atoms with Gasteiger partial charge in [0.1, 0.15) is 12.6 Å². The molecule has 0 bridgehead atoms. The van der Waals surface area contributed by atoms with Gasteiger partial charge in [-0.25, -0.2) is 8.42 Å². The first-order valence-electron chi connectivity index (χ1n) is 12.1. The summed E-state index contributed by atoms with van der Waals surface area (Å²) in [5, 5.41) is 3.64. The summed E-state index contributed by atoms with van der Waals surface area (Å²) >= 11 is 15.8. The molecule has 0 spiro atoms. The van der Waals surface area contributed by atoms with E-state index in [1.807, 2.05) is 20.8 Å². The third-order valence-corrected chi connectivity index (χ3v) is 8.65. The molecular formula is C28H30BrCl2N3O4S. The topological polar surface area (TPSA) is 86.8 Å². The van der Waals surface area contributed by atoms with Crippen molar-refractivity contribution < 1.29 is 18.0 Å². The van der Waals surface area contributed by atoms with Gasteiger partial charge in [-0.05, 0) is 81.8 Å². The van der Waals surface area contributed by atoms with Gasteiger partial charge in [-0.1, -0.05) is 63.4 Å². The lowest BCUT2D eigenvalue weighted by Crippen LogP contribution is -2.54. The maximum atomic E-state index is 13.9. The summed E-state index contributed by atoms with van der Waals surface area (Å²) in [6.45, 7) is 6.52. The molecule has 0 aliphatic heterocycles. The molecule has 3 aromatic rings. The number of hydrogen-bond donors (Lipinski definition) is 1. The number of sulfonamides is 1. The summed E-state index contributed by atoms with van der Waals surface area (Å²) in [6.07, 6.45) is 0. The first-order chi connectivity index (χ1) is 18.2. The molecule has 0 fully saturated rings. The van der Waals surface area contributed by atoms with Crippen LogP contribution in [0.2, 0.25) is 10.0 Å². The van der Waals surface area contributed by atoms with Crippen molar-refractivity contribution in [2.75, 3.05) is 10.8 Å². The van der Waals surface area contributed by atoms with Gasteiger partial charge in [-0.3, -0.25) is 13.9 Å². The molecule has 0 saturated carbocycles. The Kier molecular flexibility index (Phi) is 10.1. The zero-order valence-corrected chi connectivity index (χ0v) is 25.9. The Bertz CT molecular complexity index is 1430. The van der Waals surface area contributed by atoms with Gasteiger partial charge in [-0.2, -0.15) is 0 Å². The van der Waals surface area contributed by atoms with E-state index in [-0.39, 0.29) is 17.3 Å². The number of amides is 2. The molecule has 0 aliphatic carbocycles. The Balaban J connectivity index is 2.04. The number of nitrogens with zero attached hydrogens (tertiary/aromatic N) is 2. The van der Waals surface area contributed by atoms with E-state index in [1.54, 1.807) is 67.6 Å². The molecular weight excluding hydrogens is 625 g/mol. The van der Waals surface area contributed by atoms with Crippen molar-refractivity contribution in [2.45, 2.75) is 50.7 Å². The minimum Gasteiger partial charge on any atom is -0.350 e. The molecule has 11 heteroatoms. The molecule has 2 amide bonds. The molecule has 1 atom stereocenters. The fraction of sp³-hybridized carbons (Fsp3) is 0.286. The lowest BCUT2D eigenvalue weighted by atomic mass is 10.1. The van der Waals surface area contributed by atoms with E-state index < -0.39 is 34.1 Å². The van der Waals surface area contributed by atoms with Gasteiger partial charge in [0.15, 0.2) is 0 Å². The summed E-state index contributed by atoms with van der Waals surface area (Å²) in [7, 11) is -4.13. The van der Waals surface area contributed by atoms with Crippen molar-refractivity contribution >= 4 is 66.7 Å². The van der Waals surface area contributed by atoms with E-state index >= 15 is 0 Å². The molecule has 7 nitrogen and oxygen atoms in total. The van der Waals surface area contributed by atoms with Crippen LogP contribution in [-0.2, 0) is 26.2 Å². The van der Waals surface area contributed by atoms with Gasteiger partial charge in [0, 0.05) is 26.6 Å². The van der Waals surface area contributed by atoms with Gasteiger partial charge >= 0.3 is 0 Å². The highest BCUT2D eigenvalue weighted by molar-refractivity contribution is 9.10. The van der Waals surface area contributed by atoms with Crippen LogP contribution in [-0.4, -0.2) is 43.3 Å². The summed E-state index contributed by atoms with van der Waals surface area (Å²) in [5.41, 5.74) is 0.315. The highest BCUT2D eigenvalue weighted by Gasteiger charge is 2.33. The van der Waals surface area contributed by atoms with Crippen molar-refractivity contribution in [3.8, 4) is 0 Å². The molecule has 0 aliphatic rings. The van der Waals surface area contributed by atoms with Crippen LogP contribution >= 0.6 is 39.1 Å². The van der Waals surface area contributed by atoms with E-state index in [4.69, 9.17) is 23.2 Å². The number of benzene rings is 3. The van der Waals surface area contributed by atoms with Gasteiger partial charge in [0.2, 0.25) is 11.8 Å². The Morgan fingerprint density at radius 1 is 0.974 bits per heavy atom. The Morgan fingerprint density at radius 3 is 2.15 bits per heavy atom. The molecule has 0 saturated heterocycles. The Labute approximate surface area is 248 Å². The quantitative estimate of drug-likeness (QED) is 0.294. The number of carbonyl (C=O) groups is 2. The van der Waals surface area contributed by atoms with Crippen LogP contribution in [0.4, 0.5) is 5.69 Å². The van der Waals surface area contributed by atoms with Gasteiger partial charge in [-0.15, -0.1) is 0 Å². The minimum absolute atomic E-state index is 0.0338. The van der Waals surface area contributed by atoms with Gasteiger partial charge in [0.05, 0.1) is 10.6 Å². The Hall–Kier alpha value is -2.59. The maximum Gasteiger partial charge on any atom is 0.264 e. The number of anilines is 1. The standard InChI is InChI=1S/C28H30BrCl2N3O4S/c1-19(27(36)32-28(2,3)4)33(17-20-10-13-22(30)16-25(20)31)26(35)18-34(23-14-11-21(29)12-15-23)39(37,38)24-8-6-5-7-9-24/h5-16,19H,17-18H2,1-4H3,(H,32,36)/t19-/m1/s1. The smallest absolute Gasteiger partial charge is 0.264 e. The van der Waals surface area contributed by atoms with Gasteiger partial charge < -0.3 is 10.2 Å². The molecule has 0 unspecified atom stereocenters. The second-order valence-corrected chi connectivity index (χ2v) is 13.6. The monoisotopic (exact) mass is 653 g/mol. The van der Waals surface area contributed by atoms with E-state index in [9.17, 15) is 18.0 Å². The third-order valence-electron chi connectivity index (χ3n) is 5.75. The number of nitrogens with one attached hydrogen (secondary N) is 1. The van der Waals surface area contributed by atoms with Crippen LogP contribution in [0.25, 0.3) is 0 Å². The number of halogens is 3. The summed E-state index contributed by atoms with van der Waals surface area (Å²) in [4.78, 5) is 28.4. The SMILES string of the molecule is C[C@H](C(=O)NC(C)(C)C)N(Cc1ccc(Cl)cc1Cl)C(=O)CN(c1ccc(Br)cc1)S(=O)(=O)c1ccccc1. The van der Waals surface area contributed by atoms with Crippen LogP contribution in [0.15, 0.2) is 82.2 Å². The molecule has 0 radical (unpaired) electrons. The fourth-order valence-electron chi connectivity index (χ4n) is 3.75. The predicted molar refractivity (Wildman–Crippen MR) is 159 cm³/mol. The fourth-order valence-corrected chi connectivity index (χ4v) is 5.91. The van der Waals surface area contributed by atoms with Crippen LogP contribution in [0.5, 0.6) is 0 Å². The average molecular weight is 655 g/mol. The summed E-state index contributed by atoms with van der Waals surface area (Å²) in [5.74, 6) is -0.970. The lowest BCUT2D eigenvalue weighted by Gasteiger charge is -2.33. The first kappa shape index (κ1) is 30.9. The van der Waals surface area contributed by atoms with E-state index in [2.05, 4.69) is 21.2 Å². The van der Waals surface area contributed by atoms with Crippen molar-refractivity contribution in [3.05, 3.63) is 92.9 Å². The van der Waals surface area contributed by atoms with Crippen molar-refractivity contribution in [3.63, 3.8) is 0 Å². The zero-order chi connectivity index (χ0) is 29.0. The van der Waals surface area contributed by atoms with Crippen molar-refractivity contribution in [1.29, 1.82) is 0 Å². The molecule has 39 heavy (non-hydrogen) atoms. The van der Waals surface area contributed by atoms with Crippen LogP contribution in [0.1, 0.15) is 33.3 Å². The first-order valence-corrected chi connectivity index (χ1v) is 15.1. The Morgan fingerprint density at radius 2 is 1.59 bits per heavy atom. The van der Waals surface area contributed by atoms with E-state index in [1.165, 1.54) is 17.0 Å². The van der Waals surface area contributed by atoms with E-state index in [0.717, 1.165) is 8.78 Å². The zero-order valence-electron chi connectivity index (χ0n) is 22.0. The predicted octanol–water partition coefficient (Wildman–Crippen LogP) is 6.28. The number of rotatable bonds is 9. The molecule has 3 rings (SSSR count). The molecule has 0 heterocycles. The normalized spacial score (nSPS) is 12.5. The summed E-state index contributed by atoms with van der Waals surface area (Å²) in [6, 6.07) is 18.4. The highest BCUT2D eigenvalue weighted by atomic mass is 79.9.